The van der Waals surface area contributed by atoms with Crippen molar-refractivity contribution in [1.29, 1.82) is 0 Å². The number of carbonyl (C=O) groups is 1. The zero-order valence-electron chi connectivity index (χ0n) is 10.2. The lowest BCUT2D eigenvalue weighted by Crippen LogP contribution is -2.12. The molecule has 6 heteroatoms. The van der Waals surface area contributed by atoms with E-state index in [0.29, 0.717) is 11.4 Å². The molecule has 20 heavy (non-hydrogen) atoms. The summed E-state index contributed by atoms with van der Waals surface area (Å²) in [7, 11) is 0. The molecule has 0 spiro atoms. The smallest absolute Gasteiger partial charge is 0.276 e. The standard InChI is InChI=1S/C14H10ClN3O2/c15-10-7-8(5-6-12(10)19)16-14(20)13-9-3-1-2-4-11(9)17-18-13/h1-7,19H,(H,16,20)(H,17,18). The Balaban J connectivity index is 1.91. The molecule has 1 aromatic heterocycles. The molecule has 0 unspecified atom stereocenters. The van der Waals surface area contributed by atoms with Crippen LogP contribution in [0.5, 0.6) is 5.75 Å². The number of nitrogens with one attached hydrogen (secondary N) is 2. The van der Waals surface area contributed by atoms with Gasteiger partial charge in [0.1, 0.15) is 5.75 Å². The molecule has 0 fully saturated rings. The largest absolute Gasteiger partial charge is 0.506 e. The number of rotatable bonds is 2. The van der Waals surface area contributed by atoms with E-state index < -0.39 is 0 Å². The van der Waals surface area contributed by atoms with Gasteiger partial charge >= 0.3 is 0 Å². The van der Waals surface area contributed by atoms with Crippen LogP contribution in [-0.4, -0.2) is 21.2 Å². The summed E-state index contributed by atoms with van der Waals surface area (Å²) in [6.45, 7) is 0. The van der Waals surface area contributed by atoms with E-state index in [1.165, 1.54) is 12.1 Å². The molecular formula is C14H10ClN3O2. The highest BCUT2D eigenvalue weighted by Crippen LogP contribution is 2.26. The Bertz CT molecular complexity index is 798. The Kier molecular flexibility index (Phi) is 3.04. The van der Waals surface area contributed by atoms with Gasteiger partial charge in [0.05, 0.1) is 10.5 Å². The number of hydrogen-bond acceptors (Lipinski definition) is 3. The van der Waals surface area contributed by atoms with E-state index in [-0.39, 0.29) is 16.7 Å². The van der Waals surface area contributed by atoms with Crippen LogP contribution >= 0.6 is 11.6 Å². The van der Waals surface area contributed by atoms with Crippen LogP contribution < -0.4 is 5.32 Å². The summed E-state index contributed by atoms with van der Waals surface area (Å²) in [5.74, 6) is -0.376. The third-order valence-electron chi connectivity index (χ3n) is 2.89. The maximum atomic E-state index is 12.2. The van der Waals surface area contributed by atoms with Crippen LogP contribution in [0.4, 0.5) is 5.69 Å². The first kappa shape index (κ1) is 12.5. The van der Waals surface area contributed by atoms with Crippen LogP contribution in [0.1, 0.15) is 10.5 Å². The third-order valence-corrected chi connectivity index (χ3v) is 3.19. The summed E-state index contributed by atoms with van der Waals surface area (Å²) in [6.07, 6.45) is 0. The van der Waals surface area contributed by atoms with Crippen molar-refractivity contribution >= 4 is 34.1 Å². The second-order valence-corrected chi connectivity index (χ2v) is 4.65. The number of aromatic nitrogens is 2. The maximum absolute atomic E-state index is 12.2. The van der Waals surface area contributed by atoms with Gasteiger partial charge in [-0.05, 0) is 24.3 Å². The predicted octanol–water partition coefficient (Wildman–Crippen LogP) is 3.17. The number of phenols is 1. The fourth-order valence-electron chi connectivity index (χ4n) is 1.91. The van der Waals surface area contributed by atoms with E-state index in [0.717, 1.165) is 10.9 Å². The molecule has 3 aromatic rings. The van der Waals surface area contributed by atoms with Gasteiger partial charge in [-0.1, -0.05) is 29.8 Å². The van der Waals surface area contributed by atoms with Crippen molar-refractivity contribution in [1.82, 2.24) is 10.2 Å². The number of benzene rings is 2. The van der Waals surface area contributed by atoms with E-state index in [2.05, 4.69) is 15.5 Å². The second-order valence-electron chi connectivity index (χ2n) is 4.24. The van der Waals surface area contributed by atoms with Gasteiger partial charge in [-0.3, -0.25) is 9.89 Å². The minimum absolute atomic E-state index is 0.0325. The van der Waals surface area contributed by atoms with Crippen LogP contribution in [0, 0.1) is 0 Å². The van der Waals surface area contributed by atoms with E-state index in [9.17, 15) is 9.90 Å². The van der Waals surface area contributed by atoms with Gasteiger partial charge in [0.25, 0.3) is 5.91 Å². The van der Waals surface area contributed by atoms with Crippen LogP contribution in [0.15, 0.2) is 42.5 Å². The van der Waals surface area contributed by atoms with Crippen molar-refractivity contribution in [3.8, 4) is 5.75 Å². The average molecular weight is 288 g/mol. The zero-order valence-corrected chi connectivity index (χ0v) is 11.0. The molecule has 3 N–H and O–H groups in total. The summed E-state index contributed by atoms with van der Waals surface area (Å²) in [5, 5.41) is 19.8. The number of fused-ring (bicyclic) bond motifs is 1. The summed E-state index contributed by atoms with van der Waals surface area (Å²) < 4.78 is 0. The number of H-pyrrole nitrogens is 1. The normalized spacial score (nSPS) is 10.7. The Morgan fingerprint density at radius 1 is 1.25 bits per heavy atom. The third kappa shape index (κ3) is 2.19. The van der Waals surface area contributed by atoms with Crippen molar-refractivity contribution in [2.75, 3.05) is 5.32 Å². The first-order valence-electron chi connectivity index (χ1n) is 5.88. The van der Waals surface area contributed by atoms with Crippen molar-refractivity contribution in [3.05, 3.63) is 53.2 Å². The molecule has 0 aliphatic rings. The molecule has 0 saturated heterocycles. The Morgan fingerprint density at radius 2 is 2.05 bits per heavy atom. The molecular weight excluding hydrogens is 278 g/mol. The van der Waals surface area contributed by atoms with Crippen LogP contribution in [-0.2, 0) is 0 Å². The number of para-hydroxylation sites is 1. The highest BCUT2D eigenvalue weighted by Gasteiger charge is 2.14. The van der Waals surface area contributed by atoms with E-state index in [1.54, 1.807) is 6.07 Å². The molecule has 0 radical (unpaired) electrons. The average Bonchev–Trinajstić information content (AvgIpc) is 2.87. The zero-order chi connectivity index (χ0) is 14.1. The fourth-order valence-corrected chi connectivity index (χ4v) is 2.09. The second kappa shape index (κ2) is 4.86. The molecule has 0 aliphatic carbocycles. The van der Waals surface area contributed by atoms with Crippen molar-refractivity contribution in [3.63, 3.8) is 0 Å². The minimum Gasteiger partial charge on any atom is -0.506 e. The maximum Gasteiger partial charge on any atom is 0.276 e. The van der Waals surface area contributed by atoms with Crippen LogP contribution in [0.3, 0.4) is 0 Å². The number of aromatic amines is 1. The van der Waals surface area contributed by atoms with Crippen LogP contribution in [0.25, 0.3) is 10.9 Å². The topological polar surface area (TPSA) is 78.0 Å². The minimum atomic E-state index is -0.343. The van der Waals surface area contributed by atoms with Crippen LogP contribution in [0.2, 0.25) is 5.02 Å². The summed E-state index contributed by atoms with van der Waals surface area (Å²) in [5.41, 5.74) is 1.59. The highest BCUT2D eigenvalue weighted by atomic mass is 35.5. The fraction of sp³-hybridized carbons (Fsp3) is 0. The summed E-state index contributed by atoms with van der Waals surface area (Å²) in [6, 6.07) is 11.8. The molecule has 5 nitrogen and oxygen atoms in total. The van der Waals surface area contributed by atoms with E-state index >= 15 is 0 Å². The number of halogens is 1. The molecule has 1 amide bonds. The van der Waals surface area contributed by atoms with Gasteiger partial charge in [-0.2, -0.15) is 5.10 Å². The van der Waals surface area contributed by atoms with Gasteiger partial charge in [0.2, 0.25) is 0 Å². The monoisotopic (exact) mass is 287 g/mol. The van der Waals surface area contributed by atoms with Gasteiger partial charge in [-0.25, -0.2) is 0 Å². The number of phenolic OH excluding ortho intramolecular Hbond substituents is 1. The summed E-state index contributed by atoms with van der Waals surface area (Å²) >= 11 is 5.79. The van der Waals surface area contributed by atoms with Crippen molar-refractivity contribution < 1.29 is 9.90 Å². The number of carbonyl (C=O) groups excluding carboxylic acids is 1. The van der Waals surface area contributed by atoms with Gasteiger partial charge < -0.3 is 10.4 Å². The van der Waals surface area contributed by atoms with E-state index in [4.69, 9.17) is 11.6 Å². The molecule has 100 valence electrons. The lowest BCUT2D eigenvalue weighted by Gasteiger charge is -2.05. The van der Waals surface area contributed by atoms with Gasteiger partial charge in [0.15, 0.2) is 5.69 Å². The number of aromatic hydroxyl groups is 1. The first-order valence-corrected chi connectivity index (χ1v) is 6.26. The SMILES string of the molecule is O=C(Nc1ccc(O)c(Cl)c1)c1n[nH]c2ccccc12. The molecule has 0 atom stereocenters. The molecule has 0 aliphatic heterocycles. The predicted molar refractivity (Wildman–Crippen MR) is 77.2 cm³/mol. The molecule has 0 bridgehead atoms. The van der Waals surface area contributed by atoms with Crippen molar-refractivity contribution in [2.24, 2.45) is 0 Å². The quantitative estimate of drug-likeness (QED) is 0.634. The molecule has 0 saturated carbocycles. The van der Waals surface area contributed by atoms with E-state index in [1.807, 2.05) is 24.3 Å². The van der Waals surface area contributed by atoms with Gasteiger partial charge in [-0.15, -0.1) is 0 Å². The number of amides is 1. The molecule has 3 rings (SSSR count). The van der Waals surface area contributed by atoms with Gasteiger partial charge in [0, 0.05) is 11.1 Å². The Labute approximate surface area is 119 Å². The summed E-state index contributed by atoms with van der Waals surface area (Å²) in [4.78, 5) is 12.2. The lowest BCUT2D eigenvalue weighted by molar-refractivity contribution is 0.102. The Morgan fingerprint density at radius 3 is 2.85 bits per heavy atom. The Hall–Kier alpha value is -2.53. The highest BCUT2D eigenvalue weighted by molar-refractivity contribution is 6.32. The van der Waals surface area contributed by atoms with Crippen molar-refractivity contribution in [2.45, 2.75) is 0 Å². The number of nitrogens with zero attached hydrogens (tertiary/aromatic N) is 1. The molecule has 1 heterocycles. The first-order chi connectivity index (χ1) is 9.65. The number of hydrogen-bond donors (Lipinski definition) is 3. The number of anilines is 1. The molecule has 2 aromatic carbocycles. The lowest BCUT2D eigenvalue weighted by atomic mass is 10.2.